The number of carbonyl (C=O) groups excluding carboxylic acids is 1. The number of carbonyl (C=O) groups is 1. The molecule has 23 heavy (non-hydrogen) atoms. The molecule has 5 nitrogen and oxygen atoms in total. The number of aliphatic hydroxyl groups excluding tert-OH is 1. The van der Waals surface area contributed by atoms with Crippen molar-refractivity contribution >= 4 is 5.91 Å². The Morgan fingerprint density at radius 1 is 1.17 bits per heavy atom. The number of aliphatic hydroxyl groups is 1. The lowest BCUT2D eigenvalue weighted by Crippen LogP contribution is -2.54. The summed E-state index contributed by atoms with van der Waals surface area (Å²) in [6.07, 6.45) is -0.294. The quantitative estimate of drug-likeness (QED) is 0.851. The fourth-order valence-corrected chi connectivity index (χ4v) is 3.12. The largest absolute Gasteiger partial charge is 0.392 e. The predicted octanol–water partition coefficient (Wildman–Crippen LogP) is 1.03. The highest BCUT2D eigenvalue weighted by molar-refractivity contribution is 5.81. The summed E-state index contributed by atoms with van der Waals surface area (Å²) in [7, 11) is 1.87. The third-order valence-corrected chi connectivity index (χ3v) is 4.47. The topological polar surface area (TPSA) is 47.0 Å². The van der Waals surface area contributed by atoms with Crippen molar-refractivity contribution in [3.8, 4) is 0 Å². The molecule has 1 aromatic carbocycles. The lowest BCUT2D eigenvalue weighted by atomic mass is 10.1. The SMILES string of the molecule is C[C@@H](O)CN1CCN([C@@H](C)C(=O)N(C)Cc2ccccc2)CC1. The second kappa shape index (κ2) is 8.43. The molecule has 0 bridgehead atoms. The number of likely N-dealkylation sites (N-methyl/N-ethyl adjacent to an activating group) is 1. The van der Waals surface area contributed by atoms with Crippen LogP contribution in [0.5, 0.6) is 0 Å². The maximum Gasteiger partial charge on any atom is 0.239 e. The van der Waals surface area contributed by atoms with E-state index in [2.05, 4.69) is 9.80 Å². The highest BCUT2D eigenvalue weighted by atomic mass is 16.3. The third-order valence-electron chi connectivity index (χ3n) is 4.47. The number of hydrogen-bond acceptors (Lipinski definition) is 4. The fourth-order valence-electron chi connectivity index (χ4n) is 3.12. The van der Waals surface area contributed by atoms with Gasteiger partial charge in [-0.05, 0) is 19.4 Å². The minimum Gasteiger partial charge on any atom is -0.392 e. The van der Waals surface area contributed by atoms with Crippen LogP contribution in [0.1, 0.15) is 19.4 Å². The first kappa shape index (κ1) is 17.9. The summed E-state index contributed by atoms with van der Waals surface area (Å²) >= 11 is 0. The van der Waals surface area contributed by atoms with Gasteiger partial charge in [-0.3, -0.25) is 14.6 Å². The van der Waals surface area contributed by atoms with Crippen LogP contribution in [0.3, 0.4) is 0 Å². The molecule has 1 heterocycles. The number of hydrogen-bond donors (Lipinski definition) is 1. The van der Waals surface area contributed by atoms with Gasteiger partial charge in [0, 0.05) is 46.3 Å². The van der Waals surface area contributed by atoms with Crippen LogP contribution in [0.25, 0.3) is 0 Å². The maximum absolute atomic E-state index is 12.6. The Bertz CT molecular complexity index is 484. The number of piperazine rings is 1. The van der Waals surface area contributed by atoms with Gasteiger partial charge in [-0.15, -0.1) is 0 Å². The van der Waals surface area contributed by atoms with Crippen molar-refractivity contribution < 1.29 is 9.90 Å². The average Bonchev–Trinajstić information content (AvgIpc) is 2.54. The van der Waals surface area contributed by atoms with Crippen molar-refractivity contribution in [1.82, 2.24) is 14.7 Å². The van der Waals surface area contributed by atoms with Gasteiger partial charge in [0.05, 0.1) is 12.1 Å². The highest BCUT2D eigenvalue weighted by Gasteiger charge is 2.27. The standard InChI is InChI=1S/C18H29N3O2/c1-15(22)13-20-9-11-21(12-10-20)16(2)18(23)19(3)14-17-7-5-4-6-8-17/h4-8,15-16,22H,9-14H2,1-3H3/t15-,16+/m1/s1. The van der Waals surface area contributed by atoms with Crippen LogP contribution in [0.2, 0.25) is 0 Å². The molecule has 0 spiro atoms. The summed E-state index contributed by atoms with van der Waals surface area (Å²) in [5.41, 5.74) is 1.15. The molecule has 0 radical (unpaired) electrons. The second-order valence-electron chi connectivity index (χ2n) is 6.54. The molecule has 1 N–H and O–H groups in total. The van der Waals surface area contributed by atoms with E-state index in [0.717, 1.165) is 31.7 Å². The third kappa shape index (κ3) is 5.30. The van der Waals surface area contributed by atoms with Crippen molar-refractivity contribution in [2.75, 3.05) is 39.8 Å². The molecule has 5 heteroatoms. The van der Waals surface area contributed by atoms with Gasteiger partial charge in [0.25, 0.3) is 0 Å². The Balaban J connectivity index is 1.83. The smallest absolute Gasteiger partial charge is 0.239 e. The first-order valence-electron chi connectivity index (χ1n) is 8.40. The van der Waals surface area contributed by atoms with E-state index in [0.29, 0.717) is 13.1 Å². The molecular formula is C18H29N3O2. The van der Waals surface area contributed by atoms with Crippen molar-refractivity contribution in [3.63, 3.8) is 0 Å². The summed E-state index contributed by atoms with van der Waals surface area (Å²) < 4.78 is 0. The molecule has 1 saturated heterocycles. The monoisotopic (exact) mass is 319 g/mol. The van der Waals surface area contributed by atoms with Gasteiger partial charge in [0.2, 0.25) is 5.91 Å². The molecular weight excluding hydrogens is 290 g/mol. The molecule has 0 saturated carbocycles. The van der Waals surface area contributed by atoms with Crippen LogP contribution in [-0.4, -0.2) is 77.6 Å². The number of nitrogens with zero attached hydrogens (tertiary/aromatic N) is 3. The minimum absolute atomic E-state index is 0.0996. The van der Waals surface area contributed by atoms with Crippen molar-refractivity contribution in [3.05, 3.63) is 35.9 Å². The fraction of sp³-hybridized carbons (Fsp3) is 0.611. The zero-order valence-electron chi connectivity index (χ0n) is 14.5. The van der Waals surface area contributed by atoms with Crippen LogP contribution in [-0.2, 0) is 11.3 Å². The lowest BCUT2D eigenvalue weighted by Gasteiger charge is -2.38. The maximum atomic E-state index is 12.6. The van der Waals surface area contributed by atoms with E-state index in [-0.39, 0.29) is 18.1 Å². The zero-order chi connectivity index (χ0) is 16.8. The first-order valence-corrected chi connectivity index (χ1v) is 8.40. The van der Waals surface area contributed by atoms with E-state index in [1.807, 2.05) is 56.1 Å². The summed E-state index contributed by atoms with van der Waals surface area (Å²) in [5, 5.41) is 9.46. The van der Waals surface area contributed by atoms with Gasteiger partial charge < -0.3 is 10.0 Å². The molecule has 1 aromatic rings. The Labute approximate surface area is 139 Å². The molecule has 2 rings (SSSR count). The van der Waals surface area contributed by atoms with E-state index in [4.69, 9.17) is 0 Å². The lowest BCUT2D eigenvalue weighted by molar-refractivity contribution is -0.136. The molecule has 1 aliphatic heterocycles. The van der Waals surface area contributed by atoms with Gasteiger partial charge >= 0.3 is 0 Å². The van der Waals surface area contributed by atoms with E-state index in [1.54, 1.807) is 0 Å². The molecule has 0 aliphatic carbocycles. The Kier molecular flexibility index (Phi) is 6.57. The van der Waals surface area contributed by atoms with Gasteiger partial charge in [0.1, 0.15) is 0 Å². The second-order valence-corrected chi connectivity index (χ2v) is 6.54. The Morgan fingerprint density at radius 2 is 1.78 bits per heavy atom. The first-order chi connectivity index (χ1) is 11.0. The van der Waals surface area contributed by atoms with Crippen molar-refractivity contribution in [1.29, 1.82) is 0 Å². The summed E-state index contributed by atoms with van der Waals surface area (Å²) in [5.74, 6) is 0.165. The molecule has 1 fully saturated rings. The van der Waals surface area contributed by atoms with Crippen LogP contribution >= 0.6 is 0 Å². The predicted molar refractivity (Wildman–Crippen MR) is 92.1 cm³/mol. The van der Waals surface area contributed by atoms with E-state index < -0.39 is 0 Å². The number of β-amino-alcohol motifs (C(OH)–C–C–N with tert-alkyl or cyclic N) is 1. The van der Waals surface area contributed by atoms with Gasteiger partial charge in [-0.2, -0.15) is 0 Å². The highest BCUT2D eigenvalue weighted by Crippen LogP contribution is 2.11. The molecule has 1 amide bonds. The average molecular weight is 319 g/mol. The Hall–Kier alpha value is -1.43. The van der Waals surface area contributed by atoms with Crippen LogP contribution < -0.4 is 0 Å². The van der Waals surface area contributed by atoms with Crippen LogP contribution in [0, 0.1) is 0 Å². The minimum atomic E-state index is -0.294. The molecule has 0 aromatic heterocycles. The molecule has 0 unspecified atom stereocenters. The normalized spacial score (nSPS) is 19.3. The molecule has 2 atom stereocenters. The van der Waals surface area contributed by atoms with E-state index in [1.165, 1.54) is 0 Å². The van der Waals surface area contributed by atoms with Crippen LogP contribution in [0.4, 0.5) is 0 Å². The summed E-state index contributed by atoms with van der Waals surface area (Å²) in [4.78, 5) is 18.9. The Morgan fingerprint density at radius 3 is 2.35 bits per heavy atom. The van der Waals surface area contributed by atoms with Gasteiger partial charge in [0.15, 0.2) is 0 Å². The number of amides is 1. The molecule has 1 aliphatic rings. The van der Waals surface area contributed by atoms with Crippen molar-refractivity contribution in [2.24, 2.45) is 0 Å². The van der Waals surface area contributed by atoms with E-state index in [9.17, 15) is 9.90 Å². The van der Waals surface area contributed by atoms with Gasteiger partial charge in [-0.25, -0.2) is 0 Å². The molecule has 128 valence electrons. The summed E-state index contributed by atoms with van der Waals surface area (Å²) in [6, 6.07) is 9.97. The van der Waals surface area contributed by atoms with Crippen molar-refractivity contribution in [2.45, 2.75) is 32.5 Å². The van der Waals surface area contributed by atoms with Crippen LogP contribution in [0.15, 0.2) is 30.3 Å². The van der Waals surface area contributed by atoms with Gasteiger partial charge in [-0.1, -0.05) is 30.3 Å². The van der Waals surface area contributed by atoms with E-state index >= 15 is 0 Å². The number of benzene rings is 1. The zero-order valence-corrected chi connectivity index (χ0v) is 14.5. The number of rotatable bonds is 6. The summed E-state index contributed by atoms with van der Waals surface area (Å²) in [6.45, 7) is 8.73.